The zero-order valence-electron chi connectivity index (χ0n) is 13.7. The summed E-state index contributed by atoms with van der Waals surface area (Å²) in [6.45, 7) is 0. The number of hydrazone groups is 1. The average Bonchev–Trinajstić information content (AvgIpc) is 3.40. The summed E-state index contributed by atoms with van der Waals surface area (Å²) >= 11 is 0. The number of allylic oxidation sites excluding steroid dienone is 2. The zero-order valence-corrected chi connectivity index (χ0v) is 13.7. The fraction of sp³-hybridized carbons (Fsp3) is 0.250. The van der Waals surface area contributed by atoms with E-state index >= 15 is 0 Å². The van der Waals surface area contributed by atoms with Gasteiger partial charge in [0.05, 0.1) is 18.1 Å². The van der Waals surface area contributed by atoms with Crippen molar-refractivity contribution < 1.29 is 18.4 Å². The minimum atomic E-state index is -0.317. The van der Waals surface area contributed by atoms with E-state index in [-0.39, 0.29) is 41.3 Å². The molecule has 2 amide bonds. The number of nitrogens with zero attached hydrogens (tertiary/aromatic N) is 2. The number of rotatable bonds is 3. The first-order valence-corrected chi connectivity index (χ1v) is 8.58. The van der Waals surface area contributed by atoms with Gasteiger partial charge in [0.1, 0.15) is 17.3 Å². The number of furan rings is 1. The summed E-state index contributed by atoms with van der Waals surface area (Å²) in [5.41, 5.74) is 0.733. The Balaban J connectivity index is 1.36. The quantitative estimate of drug-likeness (QED) is 0.485. The van der Waals surface area contributed by atoms with E-state index in [9.17, 15) is 14.0 Å². The summed E-state index contributed by atoms with van der Waals surface area (Å²) in [5.74, 6) is 0.0134. The molecule has 1 saturated carbocycles. The van der Waals surface area contributed by atoms with Crippen LogP contribution in [0.4, 0.5) is 4.39 Å². The summed E-state index contributed by atoms with van der Waals surface area (Å²) in [6.07, 6.45) is 6.36. The Morgan fingerprint density at radius 3 is 2.31 bits per heavy atom. The van der Waals surface area contributed by atoms with Gasteiger partial charge in [-0.3, -0.25) is 9.59 Å². The standard InChI is InChI=1S/C20H15FN2O3/c21-14-5-3-11(4-6-14)16-8-7-15(26-16)10-22-23-19(24)17-12-1-2-13(9-12)18(17)20(23)25/h1-8,10,12-13,17-18H,9H2/b22-10+. The molecule has 2 aliphatic carbocycles. The molecule has 4 unspecified atom stereocenters. The molecule has 2 heterocycles. The maximum absolute atomic E-state index is 13.0. The Morgan fingerprint density at radius 1 is 1.00 bits per heavy atom. The van der Waals surface area contributed by atoms with Crippen molar-refractivity contribution in [3.8, 4) is 11.3 Å². The smallest absolute Gasteiger partial charge is 0.254 e. The minimum absolute atomic E-state index is 0.162. The van der Waals surface area contributed by atoms with E-state index in [2.05, 4.69) is 5.10 Å². The highest BCUT2D eigenvalue weighted by Crippen LogP contribution is 2.52. The van der Waals surface area contributed by atoms with E-state index in [1.54, 1.807) is 24.3 Å². The molecule has 26 heavy (non-hydrogen) atoms. The number of amides is 2. The number of benzene rings is 1. The Bertz CT molecular complexity index is 930. The van der Waals surface area contributed by atoms with Crippen LogP contribution in [0.25, 0.3) is 11.3 Å². The molecule has 6 heteroatoms. The van der Waals surface area contributed by atoms with Gasteiger partial charge in [-0.15, -0.1) is 0 Å². The molecular formula is C20H15FN2O3. The van der Waals surface area contributed by atoms with Gasteiger partial charge in [-0.05, 0) is 54.7 Å². The Kier molecular flexibility index (Phi) is 3.22. The molecule has 0 radical (unpaired) electrons. The zero-order chi connectivity index (χ0) is 17.8. The van der Waals surface area contributed by atoms with Gasteiger partial charge in [0.15, 0.2) is 0 Å². The van der Waals surface area contributed by atoms with Crippen LogP contribution in [0, 0.1) is 29.5 Å². The monoisotopic (exact) mass is 350 g/mol. The molecule has 1 aromatic heterocycles. The van der Waals surface area contributed by atoms with Crippen LogP contribution < -0.4 is 0 Å². The molecule has 0 spiro atoms. The summed E-state index contributed by atoms with van der Waals surface area (Å²) in [6, 6.07) is 9.38. The van der Waals surface area contributed by atoms with Crippen molar-refractivity contribution in [2.75, 3.05) is 0 Å². The lowest BCUT2D eigenvalue weighted by Gasteiger charge is -2.13. The van der Waals surface area contributed by atoms with Crippen LogP contribution in [0.1, 0.15) is 12.2 Å². The lowest BCUT2D eigenvalue weighted by molar-refractivity contribution is -0.140. The molecule has 3 aliphatic rings. The van der Waals surface area contributed by atoms with Gasteiger partial charge in [0.25, 0.3) is 11.8 Å². The van der Waals surface area contributed by atoms with Crippen molar-refractivity contribution in [2.45, 2.75) is 6.42 Å². The van der Waals surface area contributed by atoms with Crippen molar-refractivity contribution in [3.05, 3.63) is 60.1 Å². The molecule has 1 saturated heterocycles. The van der Waals surface area contributed by atoms with Gasteiger partial charge in [0.2, 0.25) is 0 Å². The molecule has 2 bridgehead atoms. The van der Waals surface area contributed by atoms with Crippen LogP contribution in [0.15, 0.2) is 58.1 Å². The first-order valence-electron chi connectivity index (χ1n) is 8.58. The summed E-state index contributed by atoms with van der Waals surface area (Å²) in [4.78, 5) is 25.1. The summed E-state index contributed by atoms with van der Waals surface area (Å²) < 4.78 is 18.7. The second-order valence-electron chi connectivity index (χ2n) is 6.94. The molecule has 4 atom stereocenters. The number of hydrogen-bond donors (Lipinski definition) is 0. The van der Waals surface area contributed by atoms with E-state index in [4.69, 9.17) is 4.42 Å². The lowest BCUT2D eigenvalue weighted by Crippen LogP contribution is -2.28. The van der Waals surface area contributed by atoms with E-state index in [1.807, 2.05) is 12.2 Å². The molecule has 1 aromatic carbocycles. The first kappa shape index (κ1) is 15.3. The Labute approximate surface area is 148 Å². The predicted octanol–water partition coefficient (Wildman–Crippen LogP) is 3.23. The second-order valence-corrected chi connectivity index (χ2v) is 6.94. The van der Waals surface area contributed by atoms with E-state index < -0.39 is 0 Å². The van der Waals surface area contributed by atoms with Crippen molar-refractivity contribution in [1.29, 1.82) is 0 Å². The van der Waals surface area contributed by atoms with Gasteiger partial charge < -0.3 is 4.42 Å². The van der Waals surface area contributed by atoms with Gasteiger partial charge in [-0.1, -0.05) is 12.2 Å². The average molecular weight is 350 g/mol. The molecular weight excluding hydrogens is 335 g/mol. The number of carbonyl (C=O) groups is 2. The van der Waals surface area contributed by atoms with Crippen LogP contribution in [-0.2, 0) is 9.59 Å². The Hall–Kier alpha value is -3.02. The van der Waals surface area contributed by atoms with E-state index in [1.165, 1.54) is 18.3 Å². The Morgan fingerprint density at radius 2 is 1.65 bits per heavy atom. The maximum atomic E-state index is 13.0. The molecule has 2 fully saturated rings. The SMILES string of the molecule is O=C1C2C3C=CC(C3)C2C(=O)N1/N=C/c1ccc(-c2ccc(F)cc2)o1. The minimum Gasteiger partial charge on any atom is -0.455 e. The van der Waals surface area contributed by atoms with Crippen LogP contribution in [-0.4, -0.2) is 23.0 Å². The van der Waals surface area contributed by atoms with Crippen molar-refractivity contribution >= 4 is 18.0 Å². The van der Waals surface area contributed by atoms with Crippen LogP contribution >= 0.6 is 0 Å². The number of hydrogen-bond acceptors (Lipinski definition) is 4. The fourth-order valence-corrected chi connectivity index (χ4v) is 4.31. The third-order valence-electron chi connectivity index (χ3n) is 5.50. The van der Waals surface area contributed by atoms with Gasteiger partial charge in [0, 0.05) is 5.56 Å². The highest BCUT2D eigenvalue weighted by atomic mass is 19.1. The molecule has 130 valence electrons. The van der Waals surface area contributed by atoms with Crippen LogP contribution in [0.5, 0.6) is 0 Å². The lowest BCUT2D eigenvalue weighted by atomic mass is 9.85. The second kappa shape index (κ2) is 5.49. The highest BCUT2D eigenvalue weighted by Gasteiger charge is 2.59. The van der Waals surface area contributed by atoms with Gasteiger partial charge in [-0.2, -0.15) is 10.1 Å². The summed E-state index contributed by atoms with van der Waals surface area (Å²) in [5, 5.41) is 5.07. The summed E-state index contributed by atoms with van der Waals surface area (Å²) in [7, 11) is 0. The molecule has 0 N–H and O–H groups in total. The molecule has 5 nitrogen and oxygen atoms in total. The number of carbonyl (C=O) groups excluding carboxylic acids is 2. The number of imide groups is 1. The van der Waals surface area contributed by atoms with Crippen molar-refractivity contribution in [2.24, 2.45) is 28.8 Å². The fourth-order valence-electron chi connectivity index (χ4n) is 4.31. The third-order valence-corrected chi connectivity index (χ3v) is 5.50. The predicted molar refractivity (Wildman–Crippen MR) is 91.3 cm³/mol. The molecule has 2 aromatic rings. The van der Waals surface area contributed by atoms with Gasteiger partial charge >= 0.3 is 0 Å². The topological polar surface area (TPSA) is 62.9 Å². The van der Waals surface area contributed by atoms with Crippen molar-refractivity contribution in [3.63, 3.8) is 0 Å². The van der Waals surface area contributed by atoms with E-state index in [0.29, 0.717) is 11.5 Å². The maximum Gasteiger partial charge on any atom is 0.254 e. The van der Waals surface area contributed by atoms with Crippen molar-refractivity contribution in [1.82, 2.24) is 5.01 Å². The normalized spacial score (nSPS) is 29.3. The third kappa shape index (κ3) is 2.18. The van der Waals surface area contributed by atoms with Crippen LogP contribution in [0.3, 0.4) is 0 Å². The number of fused-ring (bicyclic) bond motifs is 5. The molecule has 1 aliphatic heterocycles. The van der Waals surface area contributed by atoms with Crippen LogP contribution in [0.2, 0.25) is 0 Å². The largest absolute Gasteiger partial charge is 0.455 e. The van der Waals surface area contributed by atoms with Gasteiger partial charge in [-0.25, -0.2) is 4.39 Å². The van der Waals surface area contributed by atoms with E-state index in [0.717, 1.165) is 17.0 Å². The highest BCUT2D eigenvalue weighted by molar-refractivity contribution is 6.06. The number of halogens is 1. The molecule has 5 rings (SSSR count). The first-order chi connectivity index (χ1) is 12.6.